The molecule has 1 aromatic carbocycles. The molecule has 1 atom stereocenters. The molecule has 0 bridgehead atoms. The van der Waals surface area contributed by atoms with E-state index < -0.39 is 17.3 Å². The standard InChI is InChI=1S/C18H25NO5/c1-17(2,3)24-16(22)19-8-6-18(7-9-19)11-14(21)13-5-4-12(20)10-15(13)23-18/h4-5,10,14,20-21H,6-9,11H2,1-3H3/t14-/m0/s1. The molecule has 6 nitrogen and oxygen atoms in total. The second kappa shape index (κ2) is 5.84. The number of carbonyl (C=O) groups is 1. The zero-order valence-corrected chi connectivity index (χ0v) is 14.4. The molecule has 2 heterocycles. The Hall–Kier alpha value is -1.95. The topological polar surface area (TPSA) is 79.2 Å². The van der Waals surface area contributed by atoms with Gasteiger partial charge in [0.05, 0.1) is 6.10 Å². The number of amides is 1. The Bertz CT molecular complexity index is 629. The van der Waals surface area contributed by atoms with E-state index in [1.165, 1.54) is 0 Å². The maximum Gasteiger partial charge on any atom is 0.410 e. The number of ether oxygens (including phenoxy) is 2. The molecule has 24 heavy (non-hydrogen) atoms. The van der Waals surface area contributed by atoms with E-state index in [-0.39, 0.29) is 11.8 Å². The molecule has 0 radical (unpaired) electrons. The van der Waals surface area contributed by atoms with Crippen LogP contribution in [0.1, 0.15) is 51.7 Å². The van der Waals surface area contributed by atoms with Crippen molar-refractivity contribution < 1.29 is 24.5 Å². The summed E-state index contributed by atoms with van der Waals surface area (Å²) in [5.41, 5.74) is -0.313. The fraction of sp³-hybridized carbons (Fsp3) is 0.611. The summed E-state index contributed by atoms with van der Waals surface area (Å²) in [6.07, 6.45) is 0.804. The van der Waals surface area contributed by atoms with Crippen molar-refractivity contribution in [3.63, 3.8) is 0 Å². The van der Waals surface area contributed by atoms with E-state index in [1.54, 1.807) is 23.1 Å². The lowest BCUT2D eigenvalue weighted by molar-refractivity contribution is -0.0570. The quantitative estimate of drug-likeness (QED) is 0.762. The van der Waals surface area contributed by atoms with Crippen LogP contribution in [-0.2, 0) is 4.74 Å². The first-order valence-electron chi connectivity index (χ1n) is 8.35. The number of hydrogen-bond acceptors (Lipinski definition) is 5. The van der Waals surface area contributed by atoms with Crippen LogP contribution in [0.15, 0.2) is 18.2 Å². The monoisotopic (exact) mass is 335 g/mol. The smallest absolute Gasteiger partial charge is 0.410 e. The minimum Gasteiger partial charge on any atom is -0.508 e. The number of phenolic OH excluding ortho intramolecular Hbond substituents is 1. The van der Waals surface area contributed by atoms with Crippen molar-refractivity contribution in [3.05, 3.63) is 23.8 Å². The summed E-state index contributed by atoms with van der Waals surface area (Å²) < 4.78 is 11.6. The van der Waals surface area contributed by atoms with Gasteiger partial charge in [0.25, 0.3) is 0 Å². The molecule has 2 aliphatic rings. The van der Waals surface area contributed by atoms with Crippen LogP contribution in [0.25, 0.3) is 0 Å². The Morgan fingerprint density at radius 1 is 1.33 bits per heavy atom. The number of aromatic hydroxyl groups is 1. The summed E-state index contributed by atoms with van der Waals surface area (Å²) in [6, 6.07) is 4.78. The second-order valence-corrected chi connectivity index (χ2v) is 7.69. The van der Waals surface area contributed by atoms with Gasteiger partial charge in [0.15, 0.2) is 0 Å². The van der Waals surface area contributed by atoms with Crippen molar-refractivity contribution in [2.75, 3.05) is 13.1 Å². The average molecular weight is 335 g/mol. The fourth-order valence-corrected chi connectivity index (χ4v) is 3.35. The highest BCUT2D eigenvalue weighted by Gasteiger charge is 2.44. The van der Waals surface area contributed by atoms with Gasteiger partial charge in [0.2, 0.25) is 0 Å². The lowest BCUT2D eigenvalue weighted by Crippen LogP contribution is -2.52. The number of carbonyl (C=O) groups excluding carboxylic acids is 1. The van der Waals surface area contributed by atoms with Crippen LogP contribution in [-0.4, -0.2) is 45.5 Å². The molecule has 0 saturated carbocycles. The summed E-state index contributed by atoms with van der Waals surface area (Å²) in [5.74, 6) is 0.642. The lowest BCUT2D eigenvalue weighted by Gasteiger charge is -2.45. The highest BCUT2D eigenvalue weighted by Crippen LogP contribution is 2.45. The molecule has 3 rings (SSSR count). The minimum absolute atomic E-state index is 0.115. The molecule has 1 spiro atoms. The Morgan fingerprint density at radius 3 is 2.62 bits per heavy atom. The number of rotatable bonds is 0. The van der Waals surface area contributed by atoms with Gasteiger partial charge in [-0.05, 0) is 32.9 Å². The van der Waals surface area contributed by atoms with Gasteiger partial charge < -0.3 is 24.6 Å². The predicted octanol–water partition coefficient (Wildman–Crippen LogP) is 2.98. The van der Waals surface area contributed by atoms with Crippen LogP contribution in [0, 0.1) is 0 Å². The maximum atomic E-state index is 12.2. The van der Waals surface area contributed by atoms with E-state index in [0.29, 0.717) is 43.7 Å². The first kappa shape index (κ1) is 16.9. The summed E-state index contributed by atoms with van der Waals surface area (Å²) in [4.78, 5) is 13.9. The Kier molecular flexibility index (Phi) is 4.11. The molecule has 2 aliphatic heterocycles. The van der Waals surface area contributed by atoms with E-state index in [2.05, 4.69) is 0 Å². The Balaban J connectivity index is 1.69. The van der Waals surface area contributed by atoms with Gasteiger partial charge in [0, 0.05) is 44.0 Å². The number of nitrogens with zero attached hydrogens (tertiary/aromatic N) is 1. The Labute approximate surface area is 142 Å². The van der Waals surface area contributed by atoms with Gasteiger partial charge in [-0.25, -0.2) is 4.79 Å². The van der Waals surface area contributed by atoms with Crippen LogP contribution >= 0.6 is 0 Å². The molecular formula is C18H25NO5. The van der Waals surface area contributed by atoms with E-state index in [0.717, 1.165) is 0 Å². The number of aliphatic hydroxyl groups is 1. The van der Waals surface area contributed by atoms with Crippen molar-refractivity contribution in [1.29, 1.82) is 0 Å². The number of hydrogen-bond donors (Lipinski definition) is 2. The van der Waals surface area contributed by atoms with E-state index in [1.807, 2.05) is 20.8 Å². The van der Waals surface area contributed by atoms with Crippen molar-refractivity contribution in [2.24, 2.45) is 0 Å². The number of fused-ring (bicyclic) bond motifs is 1. The van der Waals surface area contributed by atoms with Gasteiger partial charge in [-0.3, -0.25) is 0 Å². The van der Waals surface area contributed by atoms with Gasteiger partial charge in [-0.1, -0.05) is 0 Å². The number of piperidine rings is 1. The van der Waals surface area contributed by atoms with Gasteiger partial charge >= 0.3 is 6.09 Å². The summed E-state index contributed by atoms with van der Waals surface area (Å²) in [7, 11) is 0. The number of benzene rings is 1. The number of likely N-dealkylation sites (tertiary alicyclic amines) is 1. The molecule has 1 fully saturated rings. The van der Waals surface area contributed by atoms with Crippen molar-refractivity contribution in [1.82, 2.24) is 4.90 Å². The van der Waals surface area contributed by atoms with E-state index >= 15 is 0 Å². The zero-order valence-electron chi connectivity index (χ0n) is 14.4. The van der Waals surface area contributed by atoms with Crippen LogP contribution in [0.2, 0.25) is 0 Å². The number of phenols is 1. The van der Waals surface area contributed by atoms with Gasteiger partial charge in [-0.15, -0.1) is 0 Å². The normalized spacial score (nSPS) is 22.7. The molecular weight excluding hydrogens is 310 g/mol. The first-order chi connectivity index (χ1) is 11.2. The minimum atomic E-state index is -0.623. The molecule has 1 saturated heterocycles. The third kappa shape index (κ3) is 3.43. The summed E-state index contributed by atoms with van der Waals surface area (Å²) in [6.45, 7) is 6.59. The van der Waals surface area contributed by atoms with E-state index in [4.69, 9.17) is 9.47 Å². The zero-order chi connectivity index (χ0) is 17.5. The van der Waals surface area contributed by atoms with Crippen molar-refractivity contribution >= 4 is 6.09 Å². The average Bonchev–Trinajstić information content (AvgIpc) is 2.45. The van der Waals surface area contributed by atoms with Gasteiger partial charge in [0.1, 0.15) is 22.7 Å². The van der Waals surface area contributed by atoms with Crippen LogP contribution < -0.4 is 4.74 Å². The predicted molar refractivity (Wildman–Crippen MR) is 88.1 cm³/mol. The van der Waals surface area contributed by atoms with Crippen LogP contribution in [0.5, 0.6) is 11.5 Å². The molecule has 0 aliphatic carbocycles. The molecule has 0 aromatic heterocycles. The Morgan fingerprint density at radius 2 is 2.00 bits per heavy atom. The molecule has 1 amide bonds. The van der Waals surface area contributed by atoms with Crippen LogP contribution in [0.4, 0.5) is 4.79 Å². The van der Waals surface area contributed by atoms with Crippen molar-refractivity contribution in [2.45, 2.75) is 57.3 Å². The molecule has 6 heteroatoms. The van der Waals surface area contributed by atoms with Gasteiger partial charge in [-0.2, -0.15) is 0 Å². The SMILES string of the molecule is CC(C)(C)OC(=O)N1CCC2(CC1)C[C@H](O)c1ccc(O)cc1O2. The highest BCUT2D eigenvalue weighted by molar-refractivity contribution is 5.68. The fourth-order valence-electron chi connectivity index (χ4n) is 3.35. The lowest BCUT2D eigenvalue weighted by atomic mass is 9.82. The molecule has 0 unspecified atom stereocenters. The summed E-state index contributed by atoms with van der Waals surface area (Å²) in [5, 5.41) is 20.1. The molecule has 1 aromatic rings. The van der Waals surface area contributed by atoms with Crippen molar-refractivity contribution in [3.8, 4) is 11.5 Å². The third-order valence-corrected chi connectivity index (χ3v) is 4.57. The number of aliphatic hydroxyl groups excluding tert-OH is 1. The van der Waals surface area contributed by atoms with Crippen LogP contribution in [0.3, 0.4) is 0 Å². The third-order valence-electron chi connectivity index (χ3n) is 4.57. The second-order valence-electron chi connectivity index (χ2n) is 7.69. The molecule has 132 valence electrons. The van der Waals surface area contributed by atoms with E-state index in [9.17, 15) is 15.0 Å². The maximum absolute atomic E-state index is 12.2. The summed E-state index contributed by atoms with van der Waals surface area (Å²) >= 11 is 0. The largest absolute Gasteiger partial charge is 0.508 e. The molecule has 2 N–H and O–H groups in total. The first-order valence-corrected chi connectivity index (χ1v) is 8.35. The highest BCUT2D eigenvalue weighted by atomic mass is 16.6.